The van der Waals surface area contributed by atoms with Crippen LogP contribution >= 0.6 is 0 Å². The monoisotopic (exact) mass is 297 g/mol. The van der Waals surface area contributed by atoms with E-state index in [0.717, 1.165) is 12.0 Å². The number of nitrogens with zero attached hydrogens (tertiary/aromatic N) is 2. The molecule has 1 aliphatic rings. The molecule has 22 heavy (non-hydrogen) atoms. The Hall–Kier alpha value is -2.94. The van der Waals surface area contributed by atoms with Crippen molar-refractivity contribution in [1.29, 1.82) is 5.26 Å². The normalized spacial score (nSPS) is 19.3. The van der Waals surface area contributed by atoms with Gasteiger partial charge in [0.15, 0.2) is 0 Å². The van der Waals surface area contributed by atoms with Gasteiger partial charge in [-0.15, -0.1) is 0 Å². The van der Waals surface area contributed by atoms with Gasteiger partial charge >= 0.3 is 0 Å². The van der Waals surface area contributed by atoms with Crippen LogP contribution in [0.3, 0.4) is 0 Å². The molecule has 1 N–H and O–H groups in total. The number of nitriles is 1. The summed E-state index contributed by atoms with van der Waals surface area (Å²) in [6.45, 7) is 0. The Morgan fingerprint density at radius 1 is 1.27 bits per heavy atom. The smallest absolute Gasteiger partial charge is 0.293 e. The van der Waals surface area contributed by atoms with Gasteiger partial charge in [0.25, 0.3) is 5.69 Å². The van der Waals surface area contributed by atoms with Gasteiger partial charge in [-0.1, -0.05) is 12.1 Å². The lowest BCUT2D eigenvalue weighted by Gasteiger charge is -2.07. The molecule has 0 saturated heterocycles. The third-order valence-corrected chi connectivity index (χ3v) is 3.75. The van der Waals surface area contributed by atoms with Crippen molar-refractivity contribution < 1.29 is 9.31 Å². The Morgan fingerprint density at radius 3 is 2.64 bits per heavy atom. The molecule has 0 spiro atoms. The molecule has 110 valence electrons. The van der Waals surface area contributed by atoms with Crippen LogP contribution in [0.1, 0.15) is 23.5 Å². The molecule has 5 nitrogen and oxygen atoms in total. The highest BCUT2D eigenvalue weighted by atomic mass is 19.1. The van der Waals surface area contributed by atoms with Crippen LogP contribution in [-0.2, 0) is 0 Å². The summed E-state index contributed by atoms with van der Waals surface area (Å²) < 4.78 is 12.9. The fourth-order valence-electron chi connectivity index (χ4n) is 2.51. The predicted molar refractivity (Wildman–Crippen MR) is 79.0 cm³/mol. The minimum Gasteiger partial charge on any atom is -0.376 e. The summed E-state index contributed by atoms with van der Waals surface area (Å²) in [5.74, 6) is -0.0625. The summed E-state index contributed by atoms with van der Waals surface area (Å²) in [5.41, 5.74) is 1.56. The standard InChI is InChI=1S/C16H12FN3O2/c17-12-4-2-11(3-5-12)13-8-15(13)19-14-6-1-10(9-18)7-16(14)20(21)22/h1-7,13,15,19H,8H2/t13-,15+/m0/s1. The molecule has 1 fully saturated rings. The molecule has 2 aromatic rings. The van der Waals surface area contributed by atoms with Gasteiger partial charge in [0.2, 0.25) is 0 Å². The number of nitrogens with one attached hydrogen (secondary N) is 1. The summed E-state index contributed by atoms with van der Waals surface area (Å²) in [6, 6.07) is 12.6. The van der Waals surface area contributed by atoms with Crippen molar-refractivity contribution in [2.45, 2.75) is 18.4 Å². The topological polar surface area (TPSA) is 79.0 Å². The zero-order valence-corrected chi connectivity index (χ0v) is 11.5. The zero-order chi connectivity index (χ0) is 15.7. The van der Waals surface area contributed by atoms with Crippen LogP contribution in [0.4, 0.5) is 15.8 Å². The zero-order valence-electron chi connectivity index (χ0n) is 11.5. The number of hydrogen-bond acceptors (Lipinski definition) is 4. The molecule has 0 amide bonds. The highest BCUT2D eigenvalue weighted by Gasteiger charge is 2.39. The number of anilines is 1. The van der Waals surface area contributed by atoms with Crippen LogP contribution in [0.25, 0.3) is 0 Å². The highest BCUT2D eigenvalue weighted by Crippen LogP contribution is 2.44. The lowest BCUT2D eigenvalue weighted by molar-refractivity contribution is -0.384. The van der Waals surface area contributed by atoms with Crippen LogP contribution in [0.5, 0.6) is 0 Å². The van der Waals surface area contributed by atoms with E-state index in [9.17, 15) is 14.5 Å². The van der Waals surface area contributed by atoms with Crippen molar-refractivity contribution in [1.82, 2.24) is 0 Å². The van der Waals surface area contributed by atoms with Crippen molar-refractivity contribution in [2.75, 3.05) is 5.32 Å². The van der Waals surface area contributed by atoms with Crippen molar-refractivity contribution in [3.05, 3.63) is 69.5 Å². The lowest BCUT2D eigenvalue weighted by atomic mass is 10.1. The SMILES string of the molecule is N#Cc1ccc(N[C@@H]2C[C@H]2c2ccc(F)cc2)c([N+](=O)[O-])c1. The Labute approximate surface area is 126 Å². The van der Waals surface area contributed by atoms with Crippen LogP contribution in [0.2, 0.25) is 0 Å². The molecule has 1 aliphatic carbocycles. The minimum atomic E-state index is -0.502. The number of nitro benzene ring substituents is 1. The van der Waals surface area contributed by atoms with Gasteiger partial charge in [-0.3, -0.25) is 10.1 Å². The molecule has 0 bridgehead atoms. The fraction of sp³-hybridized carbons (Fsp3) is 0.188. The molecule has 0 heterocycles. The quantitative estimate of drug-likeness (QED) is 0.691. The Kier molecular flexibility index (Phi) is 3.47. The van der Waals surface area contributed by atoms with Gasteiger partial charge in [-0.2, -0.15) is 5.26 Å². The molecule has 1 saturated carbocycles. The van der Waals surface area contributed by atoms with Crippen molar-refractivity contribution >= 4 is 11.4 Å². The molecule has 2 aromatic carbocycles. The molecule has 6 heteroatoms. The third kappa shape index (κ3) is 2.74. The van der Waals surface area contributed by atoms with Crippen LogP contribution in [0, 0.1) is 27.3 Å². The number of nitro groups is 1. The van der Waals surface area contributed by atoms with Crippen molar-refractivity contribution in [3.8, 4) is 6.07 Å². The van der Waals surface area contributed by atoms with E-state index in [1.165, 1.54) is 18.2 Å². The molecule has 0 radical (unpaired) electrons. The highest BCUT2D eigenvalue weighted by molar-refractivity contribution is 5.65. The molecule has 0 aliphatic heterocycles. The van der Waals surface area contributed by atoms with Gasteiger partial charge in [-0.25, -0.2) is 4.39 Å². The lowest BCUT2D eigenvalue weighted by Crippen LogP contribution is -2.06. The first-order chi connectivity index (χ1) is 10.6. The first kappa shape index (κ1) is 14.0. The maximum Gasteiger partial charge on any atom is 0.293 e. The fourth-order valence-corrected chi connectivity index (χ4v) is 2.51. The summed E-state index contributed by atoms with van der Waals surface area (Å²) in [7, 11) is 0. The maximum absolute atomic E-state index is 12.9. The van der Waals surface area contributed by atoms with Crippen LogP contribution < -0.4 is 5.32 Å². The molecular formula is C16H12FN3O2. The minimum absolute atomic E-state index is 0.0806. The molecule has 0 aromatic heterocycles. The van der Waals surface area contributed by atoms with Crippen molar-refractivity contribution in [2.24, 2.45) is 0 Å². The maximum atomic E-state index is 12.9. The second-order valence-corrected chi connectivity index (χ2v) is 5.25. The number of rotatable bonds is 4. The summed E-state index contributed by atoms with van der Waals surface area (Å²) in [5, 5.41) is 23.0. The van der Waals surface area contributed by atoms with E-state index in [1.54, 1.807) is 24.3 Å². The predicted octanol–water partition coefficient (Wildman–Crippen LogP) is 3.57. The average molecular weight is 297 g/mol. The van der Waals surface area contributed by atoms with Crippen LogP contribution in [0.15, 0.2) is 42.5 Å². The number of benzene rings is 2. The summed E-state index contributed by atoms with van der Waals surface area (Å²) >= 11 is 0. The number of halogens is 1. The van der Waals surface area contributed by atoms with E-state index in [4.69, 9.17) is 5.26 Å². The third-order valence-electron chi connectivity index (χ3n) is 3.75. The number of hydrogen-bond donors (Lipinski definition) is 1. The Balaban J connectivity index is 1.76. The first-order valence-electron chi connectivity index (χ1n) is 6.79. The van der Waals surface area contributed by atoms with E-state index >= 15 is 0 Å². The van der Waals surface area contributed by atoms with Crippen molar-refractivity contribution in [3.63, 3.8) is 0 Å². The molecule has 2 atom stereocenters. The van der Waals surface area contributed by atoms with E-state index in [-0.39, 0.29) is 29.0 Å². The van der Waals surface area contributed by atoms with E-state index in [1.807, 2.05) is 6.07 Å². The van der Waals surface area contributed by atoms with Crippen LogP contribution in [-0.4, -0.2) is 11.0 Å². The summed E-state index contributed by atoms with van der Waals surface area (Å²) in [6.07, 6.45) is 0.836. The van der Waals surface area contributed by atoms with Gasteiger partial charge in [0, 0.05) is 18.0 Å². The Bertz CT molecular complexity index is 768. The second-order valence-electron chi connectivity index (χ2n) is 5.25. The molecule has 3 rings (SSSR count). The van der Waals surface area contributed by atoms with E-state index in [0.29, 0.717) is 5.69 Å². The average Bonchev–Trinajstić information content (AvgIpc) is 3.27. The summed E-state index contributed by atoms with van der Waals surface area (Å²) in [4.78, 5) is 10.6. The second kappa shape index (κ2) is 5.45. The largest absolute Gasteiger partial charge is 0.376 e. The molecule has 0 unspecified atom stereocenters. The first-order valence-corrected chi connectivity index (χ1v) is 6.79. The van der Waals surface area contributed by atoms with E-state index < -0.39 is 4.92 Å². The van der Waals surface area contributed by atoms with Gasteiger partial charge in [0.05, 0.1) is 16.6 Å². The molecular weight excluding hydrogens is 285 g/mol. The Morgan fingerprint density at radius 2 is 2.00 bits per heavy atom. The van der Waals surface area contributed by atoms with E-state index in [2.05, 4.69) is 5.32 Å². The van der Waals surface area contributed by atoms with Gasteiger partial charge in [0.1, 0.15) is 11.5 Å². The van der Waals surface area contributed by atoms with Gasteiger partial charge < -0.3 is 5.32 Å². The van der Waals surface area contributed by atoms with Gasteiger partial charge in [-0.05, 0) is 36.2 Å².